The van der Waals surface area contributed by atoms with E-state index in [1.165, 1.54) is 4.68 Å². The molecule has 3 N–H and O–H groups in total. The number of hydrogen-bond acceptors (Lipinski definition) is 7. The first-order valence-electron chi connectivity index (χ1n) is 17.5. The molecular weight excluding hydrogens is 772 g/mol. The molecule has 3 aliphatic rings. The van der Waals surface area contributed by atoms with Gasteiger partial charge in [0.15, 0.2) is 17.2 Å². The first-order chi connectivity index (χ1) is 26.4. The molecule has 56 heavy (non-hydrogen) atoms. The highest BCUT2D eigenvalue weighted by Crippen LogP contribution is 2.68. The number of carbonyl (C=O) groups excluding carboxylic acids is 1. The van der Waals surface area contributed by atoms with Crippen LogP contribution in [0.5, 0.6) is 0 Å². The summed E-state index contributed by atoms with van der Waals surface area (Å²) in [7, 11) is -2.18. The van der Waals surface area contributed by atoms with Gasteiger partial charge >= 0.3 is 6.18 Å². The number of aryl methyl sites for hydroxylation is 1. The van der Waals surface area contributed by atoms with Gasteiger partial charge in [0, 0.05) is 47.0 Å². The van der Waals surface area contributed by atoms with Crippen molar-refractivity contribution in [3.8, 4) is 11.1 Å². The molecule has 0 radical (unpaired) electrons. The second-order valence-electron chi connectivity index (χ2n) is 14.7. The van der Waals surface area contributed by atoms with Gasteiger partial charge in [0.25, 0.3) is 5.92 Å². The van der Waals surface area contributed by atoms with Crippen LogP contribution in [0.15, 0.2) is 42.5 Å². The zero-order chi connectivity index (χ0) is 39.6. The van der Waals surface area contributed by atoms with Gasteiger partial charge in [0.1, 0.15) is 29.7 Å². The van der Waals surface area contributed by atoms with E-state index in [2.05, 4.69) is 30.2 Å². The Morgan fingerprint density at radius 3 is 2.46 bits per heavy atom. The summed E-state index contributed by atoms with van der Waals surface area (Å²) >= 11 is 0. The van der Waals surface area contributed by atoms with E-state index in [0.29, 0.717) is 44.1 Å². The van der Waals surface area contributed by atoms with E-state index in [9.17, 15) is 35.2 Å². The standard InChI is InChI=1S/C36H30F7N9O3S/c1-51-29-19(4-3-5-20(29)33(49-51)50-56(2,54)55)21-13-25-34(47-32(45-25)16-6-7-16)46-28(21)24(10-15-8-17(37)11-18(38)9-15)44-26(53)14-52-31-27(30(48-52)36(41,42)43)22-12-23(22)35(31,39)40/h3-5,8-9,11,13,16,22-24H,6-7,10,12,14H2,1-2H3,(H,44,53)(H,49,50)(H,45,46,47)/t22?,23-,24+/m1/s1. The van der Waals surface area contributed by atoms with Crippen molar-refractivity contribution in [3.05, 3.63) is 88.1 Å². The third-order valence-electron chi connectivity index (χ3n) is 10.4. The zero-order valence-electron chi connectivity index (χ0n) is 29.3. The predicted octanol–water partition coefficient (Wildman–Crippen LogP) is 6.56. The second-order valence-corrected chi connectivity index (χ2v) is 16.4. The molecule has 0 aliphatic heterocycles. The molecule has 2 fully saturated rings. The fourth-order valence-electron chi connectivity index (χ4n) is 7.96. The molecule has 3 atom stereocenters. The Morgan fingerprint density at radius 1 is 1.05 bits per heavy atom. The number of nitrogens with zero attached hydrogens (tertiary/aromatic N) is 6. The summed E-state index contributed by atoms with van der Waals surface area (Å²) in [6.07, 6.45) is -2.75. The number of aromatic amines is 1. The van der Waals surface area contributed by atoms with E-state index < -0.39 is 81.0 Å². The van der Waals surface area contributed by atoms with Crippen molar-refractivity contribution in [2.24, 2.45) is 13.0 Å². The van der Waals surface area contributed by atoms with Crippen molar-refractivity contribution in [1.29, 1.82) is 0 Å². The highest BCUT2D eigenvalue weighted by atomic mass is 32.2. The number of halogens is 7. The number of pyridine rings is 1. The molecule has 0 saturated heterocycles. The van der Waals surface area contributed by atoms with Gasteiger partial charge in [-0.25, -0.2) is 27.2 Å². The average Bonchev–Trinajstić information content (AvgIpc) is 3.98. The van der Waals surface area contributed by atoms with Gasteiger partial charge in [-0.05, 0) is 61.4 Å². The molecule has 12 nitrogen and oxygen atoms in total. The summed E-state index contributed by atoms with van der Waals surface area (Å²) in [5.74, 6) is -8.03. The number of hydrogen-bond donors (Lipinski definition) is 3. The number of nitrogens with one attached hydrogen (secondary N) is 3. The predicted molar refractivity (Wildman–Crippen MR) is 187 cm³/mol. The van der Waals surface area contributed by atoms with Crippen molar-refractivity contribution < 1.29 is 43.9 Å². The molecular formula is C36H30F7N9O3S. The van der Waals surface area contributed by atoms with Crippen LogP contribution >= 0.6 is 0 Å². The minimum absolute atomic E-state index is 0.0273. The number of benzene rings is 2. The minimum atomic E-state index is -5.05. The number of alkyl halides is 5. The van der Waals surface area contributed by atoms with Crippen LogP contribution in [-0.2, 0) is 46.9 Å². The number of imidazole rings is 1. The summed E-state index contributed by atoms with van der Waals surface area (Å²) < 4.78 is 131. The normalized spacial score (nSPS) is 19.3. The molecule has 6 aromatic rings. The Hall–Kier alpha value is -5.53. The van der Waals surface area contributed by atoms with E-state index in [0.717, 1.165) is 31.2 Å². The molecule has 2 saturated carbocycles. The number of sulfonamides is 1. The van der Waals surface area contributed by atoms with Crippen molar-refractivity contribution >= 4 is 43.8 Å². The first kappa shape index (κ1) is 36.1. The molecule has 292 valence electrons. The van der Waals surface area contributed by atoms with E-state index >= 15 is 8.78 Å². The topological polar surface area (TPSA) is 152 Å². The van der Waals surface area contributed by atoms with Crippen LogP contribution in [0.2, 0.25) is 0 Å². The molecule has 1 amide bonds. The number of carbonyl (C=O) groups is 1. The number of fused-ring (bicyclic) bond motifs is 5. The Balaban J connectivity index is 1.19. The first-order valence-corrected chi connectivity index (χ1v) is 19.4. The Morgan fingerprint density at radius 2 is 1.79 bits per heavy atom. The molecule has 4 heterocycles. The highest BCUT2D eigenvalue weighted by molar-refractivity contribution is 7.92. The van der Waals surface area contributed by atoms with Crippen molar-refractivity contribution in [2.45, 2.75) is 62.2 Å². The fraction of sp³-hybridized carbons (Fsp3) is 0.361. The number of aromatic nitrogens is 7. The lowest BCUT2D eigenvalue weighted by Gasteiger charge is -2.23. The van der Waals surface area contributed by atoms with Gasteiger partial charge in [0.05, 0.1) is 29.0 Å². The van der Waals surface area contributed by atoms with Crippen LogP contribution in [-0.4, -0.2) is 55.1 Å². The number of para-hydroxylation sites is 1. The number of rotatable bonds is 10. The summed E-state index contributed by atoms with van der Waals surface area (Å²) in [5.41, 5.74) is -0.946. The Labute approximate surface area is 312 Å². The monoisotopic (exact) mass is 801 g/mol. The van der Waals surface area contributed by atoms with E-state index in [-0.39, 0.29) is 41.5 Å². The van der Waals surface area contributed by atoms with Crippen molar-refractivity contribution in [1.82, 2.24) is 39.8 Å². The smallest absolute Gasteiger partial charge is 0.346 e. The Kier molecular flexibility index (Phi) is 7.89. The van der Waals surface area contributed by atoms with E-state index in [1.54, 1.807) is 31.3 Å². The molecule has 4 aromatic heterocycles. The summed E-state index contributed by atoms with van der Waals surface area (Å²) in [6, 6.07) is 8.11. The van der Waals surface area contributed by atoms with Crippen molar-refractivity contribution in [3.63, 3.8) is 0 Å². The highest BCUT2D eigenvalue weighted by Gasteiger charge is 2.68. The second kappa shape index (κ2) is 12.2. The lowest BCUT2D eigenvalue weighted by atomic mass is 9.94. The quantitative estimate of drug-likeness (QED) is 0.133. The van der Waals surface area contributed by atoms with Gasteiger partial charge in [-0.1, -0.05) is 12.1 Å². The third-order valence-corrected chi connectivity index (χ3v) is 11.0. The molecule has 9 rings (SSSR count). The van der Waals surface area contributed by atoms with Crippen LogP contribution < -0.4 is 10.0 Å². The lowest BCUT2D eigenvalue weighted by Crippen LogP contribution is -2.35. The summed E-state index contributed by atoms with van der Waals surface area (Å²) in [5, 5.41) is 10.9. The summed E-state index contributed by atoms with van der Waals surface area (Å²) in [4.78, 5) is 26.7. The van der Waals surface area contributed by atoms with Crippen molar-refractivity contribution in [2.75, 3.05) is 11.0 Å². The third kappa shape index (κ3) is 6.22. The maximum atomic E-state index is 15.4. The van der Waals surface area contributed by atoms with E-state index in [4.69, 9.17) is 4.98 Å². The van der Waals surface area contributed by atoms with Gasteiger partial charge in [0.2, 0.25) is 15.9 Å². The van der Waals surface area contributed by atoms with Crippen LogP contribution in [0, 0.1) is 17.6 Å². The maximum Gasteiger partial charge on any atom is 0.435 e. The molecule has 0 spiro atoms. The molecule has 1 unspecified atom stereocenters. The number of amides is 1. The largest absolute Gasteiger partial charge is 0.435 e. The lowest BCUT2D eigenvalue weighted by molar-refractivity contribution is -0.142. The Bertz CT molecular complexity index is 2720. The molecule has 2 aromatic carbocycles. The molecule has 3 aliphatic carbocycles. The van der Waals surface area contributed by atoms with Crippen LogP contribution in [0.25, 0.3) is 33.2 Å². The SMILES string of the molecule is Cn1nc(NS(C)(=O)=O)c2cccc(-c3cc4[nH]c(C5CC5)nc4nc3[C@H](Cc3cc(F)cc(F)c3)NC(=O)Cn3nc(C(F)(F)F)c4c3C(F)(F)[C@@H]3CC43)c21. The van der Waals surface area contributed by atoms with Crippen LogP contribution in [0.3, 0.4) is 0 Å². The number of H-pyrrole nitrogens is 1. The fourth-order valence-corrected chi connectivity index (χ4v) is 8.46. The van der Waals surface area contributed by atoms with Crippen LogP contribution in [0.4, 0.5) is 36.6 Å². The van der Waals surface area contributed by atoms with Crippen LogP contribution in [0.1, 0.15) is 71.2 Å². The number of anilines is 1. The zero-order valence-corrected chi connectivity index (χ0v) is 30.2. The average molecular weight is 802 g/mol. The summed E-state index contributed by atoms with van der Waals surface area (Å²) in [6.45, 7) is -1.04. The van der Waals surface area contributed by atoms with Gasteiger partial charge in [-0.15, -0.1) is 0 Å². The maximum absolute atomic E-state index is 15.4. The molecule has 20 heteroatoms. The van der Waals surface area contributed by atoms with Gasteiger partial charge in [-0.2, -0.15) is 32.1 Å². The minimum Gasteiger partial charge on any atom is -0.346 e. The van der Waals surface area contributed by atoms with E-state index in [1.807, 2.05) is 0 Å². The molecule has 0 bridgehead atoms. The van der Waals surface area contributed by atoms with Gasteiger partial charge < -0.3 is 10.3 Å². The van der Waals surface area contributed by atoms with Gasteiger partial charge in [-0.3, -0.25) is 18.9 Å².